The zero-order valence-electron chi connectivity index (χ0n) is 13.3. The van der Waals surface area contributed by atoms with Crippen molar-refractivity contribution in [3.8, 4) is 0 Å². The van der Waals surface area contributed by atoms with E-state index < -0.39 is 0 Å². The van der Waals surface area contributed by atoms with Crippen LogP contribution in [0.4, 0.5) is 14.9 Å². The summed E-state index contributed by atoms with van der Waals surface area (Å²) in [5, 5.41) is 2.94. The smallest absolute Gasteiger partial charge is 0.317 e. The molecule has 4 heteroatoms. The third-order valence-corrected chi connectivity index (χ3v) is 4.36. The highest BCUT2D eigenvalue weighted by molar-refractivity contribution is 5.89. The van der Waals surface area contributed by atoms with Crippen molar-refractivity contribution < 1.29 is 9.18 Å². The van der Waals surface area contributed by atoms with Crippen molar-refractivity contribution in [2.24, 2.45) is 0 Å². The van der Waals surface area contributed by atoms with Crippen LogP contribution in [0.15, 0.2) is 48.5 Å². The molecule has 0 spiro atoms. The summed E-state index contributed by atoms with van der Waals surface area (Å²) in [4.78, 5) is 14.4. The maximum absolute atomic E-state index is 13.4. The Labute approximate surface area is 136 Å². The summed E-state index contributed by atoms with van der Waals surface area (Å²) >= 11 is 0. The molecule has 1 saturated heterocycles. The van der Waals surface area contributed by atoms with E-state index in [1.165, 1.54) is 17.7 Å². The lowest BCUT2D eigenvalue weighted by atomic mass is 10.0. The summed E-state index contributed by atoms with van der Waals surface area (Å²) in [5.41, 5.74) is 2.89. The highest BCUT2D eigenvalue weighted by Gasteiger charge is 2.30. The largest absolute Gasteiger partial charge is 0.322 e. The molecule has 0 bridgehead atoms. The van der Waals surface area contributed by atoms with Crippen molar-refractivity contribution >= 4 is 11.7 Å². The van der Waals surface area contributed by atoms with E-state index in [-0.39, 0.29) is 17.9 Å². The molecule has 1 aliphatic heterocycles. The van der Waals surface area contributed by atoms with Crippen LogP contribution in [0.5, 0.6) is 0 Å². The van der Waals surface area contributed by atoms with Gasteiger partial charge < -0.3 is 10.2 Å². The molecule has 0 radical (unpaired) electrons. The average molecular weight is 312 g/mol. The Morgan fingerprint density at radius 3 is 2.74 bits per heavy atom. The minimum atomic E-state index is -0.259. The number of rotatable bonds is 3. The Hall–Kier alpha value is -2.36. The molecule has 120 valence electrons. The second kappa shape index (κ2) is 6.82. The first kappa shape index (κ1) is 15.5. The van der Waals surface area contributed by atoms with E-state index >= 15 is 0 Å². The van der Waals surface area contributed by atoms with Gasteiger partial charge in [0.1, 0.15) is 5.82 Å². The number of likely N-dealkylation sites (tertiary alicyclic amines) is 1. The molecule has 2 aromatic rings. The van der Waals surface area contributed by atoms with E-state index in [4.69, 9.17) is 0 Å². The van der Waals surface area contributed by atoms with Gasteiger partial charge in [-0.1, -0.05) is 31.2 Å². The summed E-state index contributed by atoms with van der Waals surface area (Å²) in [6, 6.07) is 14.2. The molecular weight excluding hydrogens is 291 g/mol. The molecule has 2 amide bonds. The maximum atomic E-state index is 13.4. The first-order chi connectivity index (χ1) is 11.2. The minimum Gasteiger partial charge on any atom is -0.317 e. The summed E-state index contributed by atoms with van der Waals surface area (Å²) in [6.45, 7) is 2.79. The molecule has 3 nitrogen and oxygen atoms in total. The van der Waals surface area contributed by atoms with Gasteiger partial charge in [-0.05, 0) is 54.7 Å². The molecule has 2 aromatic carbocycles. The van der Waals surface area contributed by atoms with Gasteiger partial charge in [-0.2, -0.15) is 0 Å². The molecule has 1 atom stereocenters. The molecule has 1 heterocycles. The molecule has 0 saturated carbocycles. The van der Waals surface area contributed by atoms with Crippen LogP contribution in [0.2, 0.25) is 0 Å². The van der Waals surface area contributed by atoms with Gasteiger partial charge in [0.05, 0.1) is 6.04 Å². The number of anilines is 1. The highest BCUT2D eigenvalue weighted by atomic mass is 19.1. The van der Waals surface area contributed by atoms with Crippen molar-refractivity contribution in [2.45, 2.75) is 32.2 Å². The second-order valence-electron chi connectivity index (χ2n) is 5.89. The highest BCUT2D eigenvalue weighted by Crippen LogP contribution is 2.32. The predicted molar refractivity (Wildman–Crippen MR) is 89.9 cm³/mol. The van der Waals surface area contributed by atoms with Gasteiger partial charge >= 0.3 is 6.03 Å². The number of aryl methyl sites for hydroxylation is 1. The van der Waals surface area contributed by atoms with Gasteiger partial charge in [0.2, 0.25) is 0 Å². The molecule has 0 aliphatic carbocycles. The van der Waals surface area contributed by atoms with Crippen LogP contribution in [-0.2, 0) is 6.42 Å². The number of carbonyl (C=O) groups excluding carboxylic acids is 1. The number of hydrogen-bond donors (Lipinski definition) is 1. The van der Waals surface area contributed by atoms with Gasteiger partial charge in [0.25, 0.3) is 0 Å². The van der Waals surface area contributed by atoms with E-state index in [2.05, 4.69) is 12.2 Å². The summed E-state index contributed by atoms with van der Waals surface area (Å²) < 4.78 is 13.4. The van der Waals surface area contributed by atoms with Gasteiger partial charge in [-0.3, -0.25) is 0 Å². The van der Waals surface area contributed by atoms with Gasteiger partial charge in [-0.15, -0.1) is 0 Å². The Bertz CT molecular complexity index is 684. The van der Waals surface area contributed by atoms with Crippen molar-refractivity contribution in [3.63, 3.8) is 0 Å². The summed E-state index contributed by atoms with van der Waals surface area (Å²) in [7, 11) is 0. The quantitative estimate of drug-likeness (QED) is 0.871. The van der Waals surface area contributed by atoms with Crippen LogP contribution in [0.1, 0.15) is 36.9 Å². The zero-order valence-corrected chi connectivity index (χ0v) is 13.3. The van der Waals surface area contributed by atoms with Gasteiger partial charge in [-0.25, -0.2) is 9.18 Å². The summed E-state index contributed by atoms with van der Waals surface area (Å²) in [5.74, 6) is -0.259. The fourth-order valence-electron chi connectivity index (χ4n) is 3.09. The fraction of sp³-hybridized carbons (Fsp3) is 0.316. The van der Waals surface area contributed by atoms with Gasteiger partial charge in [0.15, 0.2) is 0 Å². The Morgan fingerprint density at radius 1 is 1.26 bits per heavy atom. The Morgan fingerprint density at radius 2 is 2.04 bits per heavy atom. The molecule has 0 unspecified atom stereocenters. The lowest BCUT2D eigenvalue weighted by molar-refractivity contribution is 0.207. The van der Waals surface area contributed by atoms with Crippen LogP contribution >= 0.6 is 0 Å². The monoisotopic (exact) mass is 312 g/mol. The number of halogens is 1. The normalized spacial score (nSPS) is 17.3. The topological polar surface area (TPSA) is 32.3 Å². The predicted octanol–water partition coefficient (Wildman–Crippen LogP) is 4.76. The zero-order chi connectivity index (χ0) is 16.2. The van der Waals surface area contributed by atoms with Crippen LogP contribution in [-0.4, -0.2) is 17.5 Å². The van der Waals surface area contributed by atoms with Crippen molar-refractivity contribution in [1.29, 1.82) is 0 Å². The van der Waals surface area contributed by atoms with Gasteiger partial charge in [0, 0.05) is 12.2 Å². The SMILES string of the molecule is CCc1ccc(NC(=O)N2CCC[C@@H]2c2cccc(F)c2)cc1. The van der Waals surface area contributed by atoms with Crippen molar-refractivity contribution in [3.05, 3.63) is 65.5 Å². The lowest BCUT2D eigenvalue weighted by Gasteiger charge is -2.25. The molecule has 1 fully saturated rings. The van der Waals surface area contributed by atoms with E-state index in [1.807, 2.05) is 30.3 Å². The average Bonchev–Trinajstić information content (AvgIpc) is 3.05. The first-order valence-corrected chi connectivity index (χ1v) is 8.09. The molecule has 23 heavy (non-hydrogen) atoms. The number of urea groups is 1. The maximum Gasteiger partial charge on any atom is 0.322 e. The van der Waals surface area contributed by atoms with Crippen LogP contribution in [0.3, 0.4) is 0 Å². The van der Waals surface area contributed by atoms with E-state index in [1.54, 1.807) is 11.0 Å². The van der Waals surface area contributed by atoms with Crippen LogP contribution in [0.25, 0.3) is 0 Å². The molecule has 0 aromatic heterocycles. The van der Waals surface area contributed by atoms with E-state index in [9.17, 15) is 9.18 Å². The lowest BCUT2D eigenvalue weighted by Crippen LogP contribution is -2.34. The molecular formula is C19H21FN2O. The Kier molecular flexibility index (Phi) is 4.60. The minimum absolute atomic E-state index is 0.0550. The van der Waals surface area contributed by atoms with Crippen molar-refractivity contribution in [2.75, 3.05) is 11.9 Å². The number of benzene rings is 2. The third-order valence-electron chi connectivity index (χ3n) is 4.36. The van der Waals surface area contributed by atoms with Crippen LogP contribution in [0, 0.1) is 5.82 Å². The number of amides is 2. The second-order valence-corrected chi connectivity index (χ2v) is 5.89. The molecule has 1 N–H and O–H groups in total. The Balaban J connectivity index is 1.72. The van der Waals surface area contributed by atoms with E-state index in [0.29, 0.717) is 6.54 Å². The molecule has 3 rings (SSSR count). The van der Waals surface area contributed by atoms with E-state index in [0.717, 1.165) is 30.5 Å². The standard InChI is InChI=1S/C19H21FN2O/c1-2-14-8-10-17(11-9-14)21-19(23)22-12-4-7-18(22)15-5-3-6-16(20)13-15/h3,5-6,8-11,13,18H,2,4,7,12H2,1H3,(H,21,23)/t18-/m1/s1. The fourth-order valence-corrected chi connectivity index (χ4v) is 3.09. The third kappa shape index (κ3) is 3.52. The summed E-state index contributed by atoms with van der Waals surface area (Å²) in [6.07, 6.45) is 2.77. The van der Waals surface area contributed by atoms with Crippen molar-refractivity contribution in [1.82, 2.24) is 4.90 Å². The number of nitrogens with zero attached hydrogens (tertiary/aromatic N) is 1. The number of hydrogen-bond acceptors (Lipinski definition) is 1. The number of nitrogens with one attached hydrogen (secondary N) is 1. The molecule has 1 aliphatic rings. The number of carbonyl (C=O) groups is 1. The first-order valence-electron chi connectivity index (χ1n) is 8.09. The van der Waals surface area contributed by atoms with Crippen LogP contribution < -0.4 is 5.32 Å².